The summed E-state index contributed by atoms with van der Waals surface area (Å²) in [6.07, 6.45) is 0.222. The van der Waals surface area contributed by atoms with Crippen LogP contribution in [-0.4, -0.2) is 35.2 Å². The lowest BCUT2D eigenvalue weighted by Gasteiger charge is -2.27. The molecule has 0 saturated carbocycles. The molecule has 0 saturated heterocycles. The average Bonchev–Trinajstić information content (AvgIpc) is 2.76. The van der Waals surface area contributed by atoms with Gasteiger partial charge in [-0.05, 0) is 58.0 Å². The number of aromatic nitrogens is 1. The zero-order valence-electron chi connectivity index (χ0n) is 16.9. The molecule has 28 heavy (non-hydrogen) atoms. The molecule has 3 rings (SSSR count). The Hall–Kier alpha value is -3.07. The number of carbonyl (C=O) groups is 1. The first-order chi connectivity index (χ1) is 13.2. The van der Waals surface area contributed by atoms with Crippen LogP contribution >= 0.6 is 0 Å². The first-order valence-corrected chi connectivity index (χ1v) is 9.29. The summed E-state index contributed by atoms with van der Waals surface area (Å²) in [6, 6.07) is 11.4. The Morgan fingerprint density at radius 2 is 2.04 bits per heavy atom. The van der Waals surface area contributed by atoms with E-state index in [1.54, 1.807) is 18.0 Å². The maximum absolute atomic E-state index is 12.5. The zero-order chi connectivity index (χ0) is 20.5. The molecule has 0 aliphatic carbocycles. The number of amides is 1. The molecular weight excluding hydrogens is 354 g/mol. The molecule has 2 heterocycles. The van der Waals surface area contributed by atoms with E-state index in [0.29, 0.717) is 30.0 Å². The Balaban J connectivity index is 1.96. The highest BCUT2D eigenvalue weighted by Gasteiger charge is 2.28. The van der Waals surface area contributed by atoms with Gasteiger partial charge in [0.15, 0.2) is 0 Å². The summed E-state index contributed by atoms with van der Waals surface area (Å²) in [5.41, 5.74) is 2.64. The average molecular weight is 379 g/mol. The van der Waals surface area contributed by atoms with Gasteiger partial charge in [0, 0.05) is 37.2 Å². The second-order valence-electron chi connectivity index (χ2n) is 8.13. The van der Waals surface area contributed by atoms with Gasteiger partial charge in [-0.3, -0.25) is 4.98 Å². The van der Waals surface area contributed by atoms with Crippen molar-refractivity contribution < 1.29 is 14.3 Å². The smallest absolute Gasteiger partial charge is 0.410 e. The fraction of sp³-hybridized carbons (Fsp3) is 0.409. The number of nitriles is 1. The van der Waals surface area contributed by atoms with E-state index < -0.39 is 5.60 Å². The van der Waals surface area contributed by atoms with Crippen LogP contribution in [0.15, 0.2) is 30.3 Å². The maximum Gasteiger partial charge on any atom is 0.410 e. The van der Waals surface area contributed by atoms with E-state index in [9.17, 15) is 10.1 Å². The molecule has 1 aromatic carbocycles. The predicted molar refractivity (Wildman–Crippen MR) is 106 cm³/mol. The van der Waals surface area contributed by atoms with Gasteiger partial charge in [0.2, 0.25) is 0 Å². The molecule has 1 amide bonds. The Morgan fingerprint density at radius 3 is 2.71 bits per heavy atom. The number of pyridine rings is 1. The fourth-order valence-corrected chi connectivity index (χ4v) is 3.24. The van der Waals surface area contributed by atoms with Gasteiger partial charge >= 0.3 is 6.09 Å². The van der Waals surface area contributed by atoms with Crippen LogP contribution < -0.4 is 4.74 Å². The normalized spacial score (nSPS) is 15.4. The first kappa shape index (κ1) is 19.7. The van der Waals surface area contributed by atoms with Crippen molar-refractivity contribution in [2.45, 2.75) is 45.6 Å². The maximum atomic E-state index is 12.5. The number of benzene rings is 1. The number of hydrogen-bond acceptors (Lipinski definition) is 5. The Bertz CT molecular complexity index is 941. The van der Waals surface area contributed by atoms with Crippen LogP contribution in [0, 0.1) is 18.3 Å². The van der Waals surface area contributed by atoms with Crippen LogP contribution in [0.25, 0.3) is 0 Å². The molecule has 1 atom stereocenters. The highest BCUT2D eigenvalue weighted by molar-refractivity contribution is 5.68. The number of aryl methyl sites for hydroxylation is 1. The Labute approximate surface area is 165 Å². The molecule has 1 unspecified atom stereocenters. The third-order valence-corrected chi connectivity index (χ3v) is 4.51. The van der Waals surface area contributed by atoms with Crippen LogP contribution in [0.2, 0.25) is 0 Å². The lowest BCUT2D eigenvalue weighted by molar-refractivity contribution is 0.0288. The van der Waals surface area contributed by atoms with Crippen LogP contribution in [0.3, 0.4) is 0 Å². The van der Waals surface area contributed by atoms with Gasteiger partial charge in [0.1, 0.15) is 17.1 Å². The van der Waals surface area contributed by atoms with Gasteiger partial charge in [0.25, 0.3) is 0 Å². The summed E-state index contributed by atoms with van der Waals surface area (Å²) >= 11 is 0. The summed E-state index contributed by atoms with van der Waals surface area (Å²) in [5.74, 6) is 1.32. The molecular formula is C22H25N3O3. The van der Waals surface area contributed by atoms with Crippen LogP contribution in [-0.2, 0) is 11.2 Å². The van der Waals surface area contributed by atoms with E-state index in [-0.39, 0.29) is 12.0 Å². The van der Waals surface area contributed by atoms with Crippen molar-refractivity contribution in [3.8, 4) is 17.6 Å². The van der Waals surface area contributed by atoms with Crippen molar-refractivity contribution in [1.82, 2.24) is 9.88 Å². The predicted octanol–water partition coefficient (Wildman–Crippen LogP) is 4.56. The highest BCUT2D eigenvalue weighted by atomic mass is 16.6. The second kappa shape index (κ2) is 7.51. The highest BCUT2D eigenvalue weighted by Crippen LogP contribution is 2.39. The fourth-order valence-electron chi connectivity index (χ4n) is 3.24. The van der Waals surface area contributed by atoms with Crippen molar-refractivity contribution >= 4 is 6.09 Å². The van der Waals surface area contributed by atoms with Gasteiger partial charge in [0.05, 0.1) is 17.3 Å². The Kier molecular flexibility index (Phi) is 5.28. The molecule has 6 nitrogen and oxygen atoms in total. The summed E-state index contributed by atoms with van der Waals surface area (Å²) in [4.78, 5) is 18.7. The molecule has 1 aromatic heterocycles. The molecule has 1 aliphatic heterocycles. The monoisotopic (exact) mass is 379 g/mol. The number of likely N-dealkylation sites (N-methyl/N-ethyl adjacent to an activating group) is 1. The van der Waals surface area contributed by atoms with E-state index in [4.69, 9.17) is 9.47 Å². The minimum Gasteiger partial charge on any atom is -0.455 e. The van der Waals surface area contributed by atoms with E-state index in [1.165, 1.54) is 0 Å². The van der Waals surface area contributed by atoms with E-state index in [2.05, 4.69) is 11.1 Å². The molecule has 146 valence electrons. The van der Waals surface area contributed by atoms with E-state index in [0.717, 1.165) is 17.0 Å². The molecule has 0 bridgehead atoms. The van der Waals surface area contributed by atoms with Crippen LogP contribution in [0.4, 0.5) is 4.79 Å². The third-order valence-electron chi connectivity index (χ3n) is 4.51. The summed E-state index contributed by atoms with van der Waals surface area (Å²) < 4.78 is 11.6. The zero-order valence-corrected chi connectivity index (χ0v) is 16.9. The largest absolute Gasteiger partial charge is 0.455 e. The first-order valence-electron chi connectivity index (χ1n) is 9.29. The lowest BCUT2D eigenvalue weighted by Crippen LogP contribution is -2.36. The van der Waals surface area contributed by atoms with Crippen molar-refractivity contribution in [3.63, 3.8) is 0 Å². The summed E-state index contributed by atoms with van der Waals surface area (Å²) in [7, 11) is 1.72. The number of ether oxygens (including phenoxy) is 2. The molecule has 0 fully saturated rings. The summed E-state index contributed by atoms with van der Waals surface area (Å²) in [6.45, 7) is 7.89. The Morgan fingerprint density at radius 1 is 1.32 bits per heavy atom. The molecule has 1 aliphatic rings. The number of fused-ring (bicyclic) bond motifs is 2. The van der Waals surface area contributed by atoms with Crippen molar-refractivity contribution in [2.24, 2.45) is 0 Å². The quantitative estimate of drug-likeness (QED) is 0.764. The molecule has 0 spiro atoms. The van der Waals surface area contributed by atoms with Gasteiger partial charge < -0.3 is 14.4 Å². The van der Waals surface area contributed by atoms with Crippen LogP contribution in [0.5, 0.6) is 11.5 Å². The van der Waals surface area contributed by atoms with Gasteiger partial charge in [-0.1, -0.05) is 0 Å². The lowest BCUT2D eigenvalue weighted by atomic mass is 9.92. The minimum absolute atomic E-state index is 0.0728. The van der Waals surface area contributed by atoms with Crippen molar-refractivity contribution in [1.29, 1.82) is 5.26 Å². The van der Waals surface area contributed by atoms with Gasteiger partial charge in [-0.15, -0.1) is 0 Å². The number of nitrogens with zero attached hydrogens (tertiary/aromatic N) is 3. The molecule has 6 heteroatoms. The number of hydrogen-bond donors (Lipinski definition) is 0. The molecule has 0 radical (unpaired) electrons. The SMILES string of the molecule is Cc1ccc2c(n1)CC(CN(C)C(=O)OC(C)(C)C)c1cc(C#N)ccc1O2. The number of carbonyl (C=O) groups excluding carboxylic acids is 1. The number of rotatable bonds is 2. The topological polar surface area (TPSA) is 75.5 Å². The molecule has 0 N–H and O–H groups in total. The van der Waals surface area contributed by atoms with E-state index in [1.807, 2.05) is 52.0 Å². The second-order valence-corrected chi connectivity index (χ2v) is 8.13. The van der Waals surface area contributed by atoms with Gasteiger partial charge in [-0.2, -0.15) is 5.26 Å². The van der Waals surface area contributed by atoms with Gasteiger partial charge in [-0.25, -0.2) is 4.79 Å². The van der Waals surface area contributed by atoms with E-state index >= 15 is 0 Å². The van der Waals surface area contributed by atoms with Crippen molar-refractivity contribution in [2.75, 3.05) is 13.6 Å². The third kappa shape index (κ3) is 4.42. The minimum atomic E-state index is -0.560. The van der Waals surface area contributed by atoms with Crippen LogP contribution in [0.1, 0.15) is 49.2 Å². The van der Waals surface area contributed by atoms with Crippen molar-refractivity contribution in [3.05, 3.63) is 52.8 Å². The summed E-state index contributed by atoms with van der Waals surface area (Å²) in [5, 5.41) is 9.32. The molecule has 2 aromatic rings. The standard InChI is InChI=1S/C22H25N3O3/c1-14-6-8-20-18(24-14)11-16(13-25(5)21(26)28-22(2,3)4)17-10-15(12-23)7-9-19(17)27-20/h6-10,16H,11,13H2,1-5H3.